The molecule has 414 valence electrons. The third-order valence-electron chi connectivity index (χ3n) is 14.0. The van der Waals surface area contributed by atoms with Crippen LogP contribution in [0.5, 0.6) is 0 Å². The van der Waals surface area contributed by atoms with Crippen molar-refractivity contribution in [2.75, 3.05) is 6.61 Å². The topological polar surface area (TPSA) is 198 Å². The molecule has 6 atom stereocenters. The van der Waals surface area contributed by atoms with Gasteiger partial charge in [0.1, 0.15) is 18.2 Å². The normalized spacial score (nSPS) is 18.8. The standard InChI is InChI=1S/C56H108NO12P/c1-4-7-10-13-16-19-22-25-28-31-34-37-40-43-48(59)46-52(62)67-55-53(57-50(60)44-41-38-35-32-29-26-23-20-17-14-11-8-5-2)56(66-49(47-58)54(55)69-70(63,64)65)68-51(61)45-42-39-36-33-30-27-24-21-18-15-12-9-6-3/h48-49,53-56,58-59H,4-47H2,1-3H3,(H,57,60)(H2,63,64,65)/t48-,49-,53-,54-,55-,56-/m1/s1. The van der Waals surface area contributed by atoms with Crippen molar-refractivity contribution in [3.63, 3.8) is 0 Å². The zero-order chi connectivity index (χ0) is 51.3. The van der Waals surface area contributed by atoms with Crippen LogP contribution in [-0.2, 0) is 37.7 Å². The Morgan fingerprint density at radius 3 is 1.23 bits per heavy atom. The van der Waals surface area contributed by atoms with E-state index in [2.05, 4.69) is 26.1 Å². The van der Waals surface area contributed by atoms with E-state index in [0.717, 1.165) is 77.0 Å². The number of phosphoric acid groups is 1. The van der Waals surface area contributed by atoms with E-state index in [4.69, 9.17) is 18.7 Å². The molecule has 0 aromatic carbocycles. The SMILES string of the molecule is CCCCCCCCCCCCCCCC(=O)N[C@H]1[C@@H](OC(=O)CCCCCCCCCCCCCCC)O[C@H](CO)[C@@H](OP(=O)(O)O)[C@@H]1OC(=O)C[C@H](O)CCCCCCCCCCCCCCC. The molecule has 0 spiro atoms. The summed E-state index contributed by atoms with van der Waals surface area (Å²) in [4.78, 5) is 60.3. The molecule has 14 heteroatoms. The van der Waals surface area contributed by atoms with Crippen LogP contribution in [0, 0.1) is 0 Å². The largest absolute Gasteiger partial charge is 0.470 e. The van der Waals surface area contributed by atoms with Crippen LogP contribution < -0.4 is 5.32 Å². The minimum Gasteiger partial charge on any atom is -0.457 e. The molecule has 70 heavy (non-hydrogen) atoms. The number of amides is 1. The van der Waals surface area contributed by atoms with Gasteiger partial charge in [-0.05, 0) is 19.3 Å². The van der Waals surface area contributed by atoms with Crippen molar-refractivity contribution >= 4 is 25.7 Å². The molecule has 0 aliphatic carbocycles. The Bertz CT molecular complexity index is 1290. The molecule has 5 N–H and O–H groups in total. The second-order valence-corrected chi connectivity index (χ2v) is 21.9. The minimum absolute atomic E-state index is 0.0687. The summed E-state index contributed by atoms with van der Waals surface area (Å²) >= 11 is 0. The van der Waals surface area contributed by atoms with E-state index in [1.165, 1.54) is 161 Å². The molecule has 0 radical (unpaired) electrons. The molecule has 1 amide bonds. The average molecular weight is 1020 g/mol. The van der Waals surface area contributed by atoms with Gasteiger partial charge in [-0.15, -0.1) is 0 Å². The first-order chi connectivity index (χ1) is 33.9. The third kappa shape index (κ3) is 38.0. The summed E-state index contributed by atoms with van der Waals surface area (Å²) in [7, 11) is -5.27. The number of phosphoric ester groups is 1. The van der Waals surface area contributed by atoms with Gasteiger partial charge in [0.2, 0.25) is 12.2 Å². The molecule has 0 aromatic heterocycles. The van der Waals surface area contributed by atoms with Gasteiger partial charge in [0.05, 0.1) is 19.1 Å². The van der Waals surface area contributed by atoms with Crippen molar-refractivity contribution in [3.8, 4) is 0 Å². The smallest absolute Gasteiger partial charge is 0.457 e. The van der Waals surface area contributed by atoms with Crippen LogP contribution >= 0.6 is 7.82 Å². The van der Waals surface area contributed by atoms with Gasteiger partial charge in [0.25, 0.3) is 0 Å². The number of hydrogen-bond donors (Lipinski definition) is 5. The third-order valence-corrected chi connectivity index (χ3v) is 14.5. The molecule has 13 nitrogen and oxygen atoms in total. The Labute approximate surface area is 427 Å². The van der Waals surface area contributed by atoms with Crippen LogP contribution in [0.15, 0.2) is 0 Å². The lowest BCUT2D eigenvalue weighted by atomic mass is 9.96. The molecule has 0 saturated carbocycles. The maximum Gasteiger partial charge on any atom is 0.470 e. The monoisotopic (exact) mass is 1020 g/mol. The second kappa shape index (κ2) is 46.0. The number of unbranched alkanes of at least 4 members (excludes halogenated alkanes) is 36. The van der Waals surface area contributed by atoms with Crippen molar-refractivity contribution in [1.29, 1.82) is 0 Å². The van der Waals surface area contributed by atoms with Crippen LogP contribution in [-0.4, -0.2) is 81.2 Å². The number of carbonyl (C=O) groups excluding carboxylic acids is 3. The summed E-state index contributed by atoms with van der Waals surface area (Å²) < 4.78 is 35.0. The molecule has 1 rings (SSSR count). The summed E-state index contributed by atoms with van der Waals surface area (Å²) in [6, 6.07) is -1.42. The first-order valence-electron chi connectivity index (χ1n) is 29.3. The van der Waals surface area contributed by atoms with Crippen molar-refractivity contribution in [3.05, 3.63) is 0 Å². The summed E-state index contributed by atoms with van der Waals surface area (Å²) in [6.07, 6.45) is 37.8. The van der Waals surface area contributed by atoms with Gasteiger partial charge >= 0.3 is 19.8 Å². The Hall–Kier alpha value is -1.60. The zero-order valence-corrected chi connectivity index (χ0v) is 46.0. The maximum absolute atomic E-state index is 13.6. The molecule has 1 aliphatic heterocycles. The highest BCUT2D eigenvalue weighted by Gasteiger charge is 2.53. The highest BCUT2D eigenvalue weighted by atomic mass is 31.2. The van der Waals surface area contributed by atoms with E-state index < -0.39 is 75.4 Å². The van der Waals surface area contributed by atoms with Crippen molar-refractivity contribution in [1.82, 2.24) is 5.32 Å². The molecular weight excluding hydrogens is 910 g/mol. The summed E-state index contributed by atoms with van der Waals surface area (Å²) in [5.41, 5.74) is 0. The Balaban J connectivity index is 2.87. The minimum atomic E-state index is -5.27. The van der Waals surface area contributed by atoms with Crippen LogP contribution in [0.1, 0.15) is 297 Å². The van der Waals surface area contributed by atoms with Crippen molar-refractivity contribution in [2.24, 2.45) is 0 Å². The van der Waals surface area contributed by atoms with E-state index >= 15 is 0 Å². The second-order valence-electron chi connectivity index (χ2n) is 20.7. The number of aliphatic hydroxyl groups is 2. The van der Waals surface area contributed by atoms with Gasteiger partial charge < -0.3 is 39.5 Å². The quantitative estimate of drug-likeness (QED) is 0.0220. The molecule has 1 aliphatic rings. The predicted octanol–water partition coefficient (Wildman–Crippen LogP) is 14.3. The highest BCUT2D eigenvalue weighted by molar-refractivity contribution is 7.46. The van der Waals surface area contributed by atoms with Gasteiger partial charge in [0.15, 0.2) is 6.10 Å². The van der Waals surface area contributed by atoms with Gasteiger partial charge in [-0.3, -0.25) is 18.9 Å². The van der Waals surface area contributed by atoms with Crippen LogP contribution in [0.4, 0.5) is 0 Å². The van der Waals surface area contributed by atoms with Crippen LogP contribution in [0.25, 0.3) is 0 Å². The Morgan fingerprint density at radius 1 is 0.500 bits per heavy atom. The van der Waals surface area contributed by atoms with Crippen LogP contribution in [0.3, 0.4) is 0 Å². The number of ether oxygens (including phenoxy) is 3. The van der Waals surface area contributed by atoms with Gasteiger partial charge in [-0.2, -0.15) is 0 Å². The number of nitrogens with one attached hydrogen (secondary N) is 1. The number of rotatable bonds is 50. The lowest BCUT2D eigenvalue weighted by Crippen LogP contribution is -2.66. The van der Waals surface area contributed by atoms with Crippen molar-refractivity contribution < 1.29 is 57.7 Å². The lowest BCUT2D eigenvalue weighted by Gasteiger charge is -2.44. The summed E-state index contributed by atoms with van der Waals surface area (Å²) in [5.74, 6) is -1.96. The van der Waals surface area contributed by atoms with Gasteiger partial charge in [0, 0.05) is 12.8 Å². The molecule has 1 saturated heterocycles. The number of hydrogen-bond acceptors (Lipinski definition) is 10. The lowest BCUT2D eigenvalue weighted by molar-refractivity contribution is -0.264. The molecular formula is C56H108NO12P. The molecule has 0 bridgehead atoms. The number of esters is 2. The predicted molar refractivity (Wildman–Crippen MR) is 282 cm³/mol. The van der Waals surface area contributed by atoms with E-state index in [9.17, 15) is 38.9 Å². The fraction of sp³-hybridized carbons (Fsp3) is 0.946. The fourth-order valence-electron chi connectivity index (χ4n) is 9.66. The summed E-state index contributed by atoms with van der Waals surface area (Å²) in [5, 5.41) is 24.0. The first-order valence-corrected chi connectivity index (χ1v) is 30.8. The zero-order valence-electron chi connectivity index (χ0n) is 45.1. The highest BCUT2D eigenvalue weighted by Crippen LogP contribution is 2.42. The Kier molecular flexibility index (Phi) is 43.6. The van der Waals surface area contributed by atoms with Gasteiger partial charge in [-0.25, -0.2) is 4.57 Å². The fourth-order valence-corrected chi connectivity index (χ4v) is 10.2. The van der Waals surface area contributed by atoms with Gasteiger partial charge in [-0.1, -0.05) is 258 Å². The first kappa shape index (κ1) is 66.4. The van der Waals surface area contributed by atoms with Crippen molar-refractivity contribution in [2.45, 2.75) is 334 Å². The molecule has 0 unspecified atom stereocenters. The van der Waals surface area contributed by atoms with E-state index in [1.54, 1.807) is 0 Å². The van der Waals surface area contributed by atoms with E-state index in [-0.39, 0.29) is 12.8 Å². The average Bonchev–Trinajstić information content (AvgIpc) is 3.32. The number of carbonyl (C=O) groups is 3. The molecule has 1 fully saturated rings. The maximum atomic E-state index is 13.6. The summed E-state index contributed by atoms with van der Waals surface area (Å²) in [6.45, 7) is 5.87. The van der Waals surface area contributed by atoms with E-state index in [0.29, 0.717) is 19.3 Å². The Morgan fingerprint density at radius 2 is 0.857 bits per heavy atom. The number of aliphatic hydroxyl groups excluding tert-OH is 2. The van der Waals surface area contributed by atoms with E-state index in [1.807, 2.05) is 0 Å². The van der Waals surface area contributed by atoms with Crippen LogP contribution in [0.2, 0.25) is 0 Å². The molecule has 1 heterocycles. The molecule has 0 aromatic rings.